The second-order valence-corrected chi connectivity index (χ2v) is 20.0. The number of allylic oxidation sites excluding steroid dienone is 9. The number of nitrogens with one attached hydrogen (secondary N) is 1. The summed E-state index contributed by atoms with van der Waals surface area (Å²) in [5.74, 6) is -0.309. The average molecular weight is 1070 g/mol. The van der Waals surface area contributed by atoms with Crippen LogP contribution >= 0.6 is 0 Å². The SMILES string of the molecule is CCC/C=C\C/C=C\CCCCCCCC(=O)NC(COC1OC(CO)C(OC2OC(CO)C(OC3OC(CO)C(O)C(O)C3O)C(O)C2O)C(O)C1O)C(O)/C=C/CC/C=C/CC/C=C/CCCCCCCCC. The van der Waals surface area contributed by atoms with Crippen molar-refractivity contribution >= 4 is 5.91 Å². The first-order valence-electron chi connectivity index (χ1n) is 28.0. The topological polar surface area (TPSA) is 307 Å². The fraction of sp³-hybridized carbons (Fsp3) is 0.804. The summed E-state index contributed by atoms with van der Waals surface area (Å²) in [6, 6.07) is -1.00. The van der Waals surface area contributed by atoms with Gasteiger partial charge in [0.2, 0.25) is 5.91 Å². The summed E-state index contributed by atoms with van der Waals surface area (Å²) in [5.41, 5.74) is 0. The Labute approximate surface area is 445 Å². The Morgan fingerprint density at radius 3 is 1.47 bits per heavy atom. The maximum absolute atomic E-state index is 13.2. The zero-order valence-electron chi connectivity index (χ0n) is 44.8. The molecule has 3 heterocycles. The predicted molar refractivity (Wildman–Crippen MR) is 282 cm³/mol. The van der Waals surface area contributed by atoms with Crippen LogP contribution in [0, 0.1) is 0 Å². The van der Waals surface area contributed by atoms with Gasteiger partial charge in [0, 0.05) is 6.42 Å². The quantitative estimate of drug-likeness (QED) is 0.0309. The predicted octanol–water partition coefficient (Wildman–Crippen LogP) is 3.70. The van der Waals surface area contributed by atoms with Crippen LogP contribution in [0.5, 0.6) is 0 Å². The third-order valence-electron chi connectivity index (χ3n) is 13.7. The Morgan fingerprint density at radius 2 is 0.920 bits per heavy atom. The number of amides is 1. The van der Waals surface area contributed by atoms with Crippen LogP contribution in [0.3, 0.4) is 0 Å². The minimum atomic E-state index is -1.98. The minimum Gasteiger partial charge on any atom is -0.394 e. The number of ether oxygens (including phenoxy) is 6. The van der Waals surface area contributed by atoms with Gasteiger partial charge >= 0.3 is 0 Å². The second-order valence-electron chi connectivity index (χ2n) is 20.0. The van der Waals surface area contributed by atoms with E-state index in [-0.39, 0.29) is 18.9 Å². The molecular weight excluding hydrogens is 975 g/mol. The molecule has 0 aromatic heterocycles. The summed E-state index contributed by atoms with van der Waals surface area (Å²) < 4.78 is 34.1. The Kier molecular flexibility index (Phi) is 35.4. The van der Waals surface area contributed by atoms with E-state index in [4.69, 9.17) is 28.4 Å². The third kappa shape index (κ3) is 24.6. The normalized spacial score (nSPS) is 31.7. The highest BCUT2D eigenvalue weighted by Crippen LogP contribution is 2.33. The van der Waals surface area contributed by atoms with Crippen molar-refractivity contribution in [3.63, 3.8) is 0 Å². The van der Waals surface area contributed by atoms with Gasteiger partial charge in [-0.1, -0.05) is 139 Å². The summed E-state index contributed by atoms with van der Waals surface area (Å²) in [4.78, 5) is 13.2. The van der Waals surface area contributed by atoms with E-state index in [0.29, 0.717) is 12.8 Å². The van der Waals surface area contributed by atoms with Crippen LogP contribution in [-0.2, 0) is 33.2 Å². The standard InChI is InChI=1S/C56H97NO18/c1-3-5-7-9-11-13-15-17-18-19-20-22-23-25-27-29-31-33-40(61)39(57-44(62)34-32-30-28-26-24-21-16-14-12-10-8-6-4-2)38-70-54-50(68)47(65)52(42(36-59)72-54)75-56-51(69)48(66)53(43(37-60)73-56)74-55-49(67)46(64)45(63)41(35-58)71-55/h8,10,14,16,18-19,23,25,31,33,39-43,45-56,58-61,63-69H,3-7,9,11-13,15,17,20-22,24,26-30,32,34-38H2,1-2H3,(H,57,62)/b10-8-,16-14-,19-18+,25-23+,33-31+. The Balaban J connectivity index is 1.56. The number of hydrogen-bond donors (Lipinski definition) is 12. The lowest BCUT2D eigenvalue weighted by atomic mass is 9.96. The van der Waals surface area contributed by atoms with Gasteiger partial charge in [-0.05, 0) is 70.6 Å². The zero-order valence-corrected chi connectivity index (χ0v) is 44.8. The summed E-state index contributed by atoms with van der Waals surface area (Å²) in [5, 5.41) is 120. The molecule has 0 aromatic rings. The van der Waals surface area contributed by atoms with E-state index in [9.17, 15) is 61.0 Å². The Bertz CT molecular complexity index is 1610. The first-order valence-corrected chi connectivity index (χ1v) is 28.0. The molecule has 3 saturated heterocycles. The van der Waals surface area contributed by atoms with Gasteiger partial charge in [-0.3, -0.25) is 4.79 Å². The van der Waals surface area contributed by atoms with Gasteiger partial charge in [-0.15, -0.1) is 0 Å². The highest BCUT2D eigenvalue weighted by molar-refractivity contribution is 5.76. The Hall–Kier alpha value is -2.51. The van der Waals surface area contributed by atoms with Crippen molar-refractivity contribution in [1.29, 1.82) is 0 Å². The number of carbonyl (C=O) groups excluding carboxylic acids is 1. The molecule has 0 saturated carbocycles. The molecule has 75 heavy (non-hydrogen) atoms. The molecule has 3 aliphatic heterocycles. The third-order valence-corrected chi connectivity index (χ3v) is 13.7. The van der Waals surface area contributed by atoms with Crippen molar-refractivity contribution in [2.45, 2.75) is 259 Å². The minimum absolute atomic E-state index is 0.213. The largest absolute Gasteiger partial charge is 0.394 e. The highest BCUT2D eigenvalue weighted by atomic mass is 16.8. The first kappa shape index (κ1) is 66.8. The molecule has 3 rings (SSSR count). The van der Waals surface area contributed by atoms with E-state index in [0.717, 1.165) is 77.0 Å². The second kappa shape index (κ2) is 39.8. The van der Waals surface area contributed by atoms with Gasteiger partial charge in [-0.25, -0.2) is 0 Å². The summed E-state index contributed by atoms with van der Waals surface area (Å²) in [6.45, 7) is 1.57. The lowest BCUT2D eigenvalue weighted by Crippen LogP contribution is -2.66. The van der Waals surface area contributed by atoms with Crippen LogP contribution < -0.4 is 5.32 Å². The van der Waals surface area contributed by atoms with Crippen LogP contribution in [0.15, 0.2) is 60.8 Å². The van der Waals surface area contributed by atoms with Crippen LogP contribution in [-0.4, -0.2) is 193 Å². The molecule has 1 amide bonds. The fourth-order valence-corrected chi connectivity index (χ4v) is 9.08. The van der Waals surface area contributed by atoms with E-state index >= 15 is 0 Å². The van der Waals surface area contributed by atoms with Crippen molar-refractivity contribution in [3.05, 3.63) is 60.8 Å². The van der Waals surface area contributed by atoms with Crippen molar-refractivity contribution in [2.75, 3.05) is 26.4 Å². The van der Waals surface area contributed by atoms with Crippen molar-refractivity contribution in [2.24, 2.45) is 0 Å². The van der Waals surface area contributed by atoms with E-state index in [1.807, 2.05) is 6.08 Å². The van der Waals surface area contributed by atoms with Gasteiger partial charge in [0.05, 0.1) is 38.6 Å². The molecule has 0 bridgehead atoms. The molecule has 434 valence electrons. The fourth-order valence-electron chi connectivity index (χ4n) is 9.08. The molecule has 17 unspecified atom stereocenters. The molecule has 0 spiro atoms. The summed E-state index contributed by atoms with van der Waals surface area (Å²) in [7, 11) is 0. The highest BCUT2D eigenvalue weighted by Gasteiger charge is 2.53. The Morgan fingerprint density at radius 1 is 0.480 bits per heavy atom. The molecule has 17 atom stereocenters. The van der Waals surface area contributed by atoms with E-state index in [1.165, 1.54) is 44.9 Å². The van der Waals surface area contributed by atoms with Gasteiger partial charge in [0.1, 0.15) is 73.2 Å². The molecule has 3 aliphatic rings. The number of hydrogen-bond acceptors (Lipinski definition) is 18. The molecule has 19 heteroatoms. The smallest absolute Gasteiger partial charge is 0.220 e. The number of carbonyl (C=O) groups is 1. The lowest BCUT2D eigenvalue weighted by molar-refractivity contribution is -0.379. The maximum atomic E-state index is 13.2. The van der Waals surface area contributed by atoms with Gasteiger partial charge in [0.25, 0.3) is 0 Å². The number of unbranched alkanes of at least 4 members (excludes halogenated alkanes) is 15. The monoisotopic (exact) mass is 1070 g/mol. The molecule has 3 fully saturated rings. The van der Waals surface area contributed by atoms with E-state index < -0.39 is 124 Å². The summed E-state index contributed by atoms with van der Waals surface area (Å²) in [6.07, 6.45) is 16.4. The molecule has 12 N–H and O–H groups in total. The first-order chi connectivity index (χ1) is 36.3. The zero-order chi connectivity index (χ0) is 54.8. The number of aliphatic hydroxyl groups excluding tert-OH is 11. The molecule has 0 radical (unpaired) electrons. The average Bonchev–Trinajstić information content (AvgIpc) is 3.41. The molecule has 19 nitrogen and oxygen atoms in total. The lowest BCUT2D eigenvalue weighted by Gasteiger charge is -2.48. The van der Waals surface area contributed by atoms with Crippen molar-refractivity contribution in [3.8, 4) is 0 Å². The van der Waals surface area contributed by atoms with E-state index in [2.05, 4.69) is 67.8 Å². The van der Waals surface area contributed by atoms with Crippen LogP contribution in [0.2, 0.25) is 0 Å². The molecular formula is C56H97NO18. The van der Waals surface area contributed by atoms with Gasteiger partial charge in [0.15, 0.2) is 18.9 Å². The van der Waals surface area contributed by atoms with Gasteiger partial charge in [-0.2, -0.15) is 0 Å². The van der Waals surface area contributed by atoms with E-state index in [1.54, 1.807) is 6.08 Å². The number of aliphatic hydroxyl groups is 11. The van der Waals surface area contributed by atoms with Crippen LogP contribution in [0.4, 0.5) is 0 Å². The number of rotatable bonds is 39. The van der Waals surface area contributed by atoms with Crippen LogP contribution in [0.25, 0.3) is 0 Å². The van der Waals surface area contributed by atoms with Crippen molar-refractivity contribution in [1.82, 2.24) is 5.32 Å². The van der Waals surface area contributed by atoms with Crippen molar-refractivity contribution < 1.29 is 89.4 Å². The molecule has 0 aliphatic carbocycles. The molecule has 0 aromatic carbocycles. The maximum Gasteiger partial charge on any atom is 0.220 e. The van der Waals surface area contributed by atoms with Gasteiger partial charge < -0.3 is 89.9 Å². The van der Waals surface area contributed by atoms with Crippen LogP contribution in [0.1, 0.15) is 155 Å². The summed E-state index contributed by atoms with van der Waals surface area (Å²) >= 11 is 0.